The summed E-state index contributed by atoms with van der Waals surface area (Å²) in [5, 5.41) is 4.61. The van der Waals surface area contributed by atoms with Crippen LogP contribution in [0, 0.1) is 13.8 Å². The van der Waals surface area contributed by atoms with Gasteiger partial charge in [0.05, 0.1) is 0 Å². The van der Waals surface area contributed by atoms with Crippen molar-refractivity contribution in [2.75, 3.05) is 0 Å². The van der Waals surface area contributed by atoms with Gasteiger partial charge in [0.2, 0.25) is 5.78 Å². The minimum atomic E-state index is -0.976. The molecule has 0 fully saturated rings. The van der Waals surface area contributed by atoms with Crippen LogP contribution in [0.3, 0.4) is 0 Å². The Morgan fingerprint density at radius 2 is 1.84 bits per heavy atom. The highest BCUT2D eigenvalue weighted by molar-refractivity contribution is 6.30. The summed E-state index contributed by atoms with van der Waals surface area (Å²) in [6, 6.07) is 8.18. The molecule has 0 bridgehead atoms. The molecular formula is C17H15ClN4O3. The molecule has 7 nitrogen and oxygen atoms in total. The fraction of sp³-hybridized carbons (Fsp3) is 0.235. The van der Waals surface area contributed by atoms with Gasteiger partial charge in [0.25, 0.3) is 11.6 Å². The number of hydrogen-bond donors (Lipinski definition) is 0. The van der Waals surface area contributed by atoms with E-state index in [2.05, 4.69) is 15.1 Å². The molecule has 3 rings (SSSR count). The number of benzene rings is 1. The SMILES string of the molecule is Cc1cc(C)n2nc(C(=O)O[C@H](C)C(=O)c3ccc(Cl)cc3)nc2n1. The Morgan fingerprint density at radius 1 is 1.16 bits per heavy atom. The molecule has 1 aromatic carbocycles. The number of nitrogens with zero attached hydrogens (tertiary/aromatic N) is 4. The molecule has 2 aromatic heterocycles. The number of ether oxygens (including phenoxy) is 1. The highest BCUT2D eigenvalue weighted by Crippen LogP contribution is 2.13. The number of aromatic nitrogens is 4. The third-order valence-electron chi connectivity index (χ3n) is 3.58. The molecule has 1 atom stereocenters. The highest BCUT2D eigenvalue weighted by Gasteiger charge is 2.23. The Bertz CT molecular complexity index is 966. The molecule has 0 aliphatic rings. The first kappa shape index (κ1) is 17.0. The Hall–Kier alpha value is -2.80. The van der Waals surface area contributed by atoms with Gasteiger partial charge in [0.15, 0.2) is 6.10 Å². The average molecular weight is 359 g/mol. The van der Waals surface area contributed by atoms with E-state index in [1.54, 1.807) is 24.3 Å². The molecule has 128 valence electrons. The molecular weight excluding hydrogens is 344 g/mol. The Labute approximate surface area is 148 Å². The van der Waals surface area contributed by atoms with Crippen LogP contribution in [0.25, 0.3) is 5.78 Å². The lowest BCUT2D eigenvalue weighted by molar-refractivity contribution is 0.0307. The third-order valence-corrected chi connectivity index (χ3v) is 3.83. The molecule has 0 aliphatic heterocycles. The van der Waals surface area contributed by atoms with Crippen molar-refractivity contribution in [2.24, 2.45) is 0 Å². The predicted octanol–water partition coefficient (Wildman–Crippen LogP) is 2.82. The van der Waals surface area contributed by atoms with E-state index in [1.165, 1.54) is 11.4 Å². The van der Waals surface area contributed by atoms with E-state index in [4.69, 9.17) is 16.3 Å². The number of hydrogen-bond acceptors (Lipinski definition) is 6. The smallest absolute Gasteiger partial charge is 0.379 e. The fourth-order valence-corrected chi connectivity index (χ4v) is 2.49. The molecule has 0 unspecified atom stereocenters. The average Bonchev–Trinajstić information content (AvgIpc) is 2.99. The summed E-state index contributed by atoms with van der Waals surface area (Å²) in [7, 11) is 0. The van der Waals surface area contributed by atoms with Crippen LogP contribution >= 0.6 is 11.6 Å². The second kappa shape index (κ2) is 6.60. The van der Waals surface area contributed by atoms with E-state index in [0.29, 0.717) is 16.4 Å². The summed E-state index contributed by atoms with van der Waals surface area (Å²) in [6.45, 7) is 5.16. The summed E-state index contributed by atoms with van der Waals surface area (Å²) in [5.74, 6) is -0.950. The molecule has 25 heavy (non-hydrogen) atoms. The quantitative estimate of drug-likeness (QED) is 0.526. The molecule has 0 saturated heterocycles. The van der Waals surface area contributed by atoms with Gasteiger partial charge in [0, 0.05) is 22.0 Å². The lowest BCUT2D eigenvalue weighted by atomic mass is 10.1. The lowest BCUT2D eigenvalue weighted by Crippen LogP contribution is -2.25. The van der Waals surface area contributed by atoms with Gasteiger partial charge in [-0.15, -0.1) is 5.10 Å². The van der Waals surface area contributed by atoms with Gasteiger partial charge in [-0.2, -0.15) is 4.98 Å². The number of aryl methyl sites for hydroxylation is 2. The van der Waals surface area contributed by atoms with Crippen molar-refractivity contribution in [1.82, 2.24) is 19.6 Å². The summed E-state index contributed by atoms with van der Waals surface area (Å²) < 4.78 is 6.65. The van der Waals surface area contributed by atoms with E-state index in [0.717, 1.165) is 11.4 Å². The molecule has 0 saturated carbocycles. The van der Waals surface area contributed by atoms with Gasteiger partial charge in [0.1, 0.15) is 0 Å². The zero-order valence-electron chi connectivity index (χ0n) is 13.9. The number of carbonyl (C=O) groups is 2. The maximum Gasteiger partial charge on any atom is 0.379 e. The molecule has 8 heteroatoms. The number of Topliss-reactive ketones (excluding diaryl/α,β-unsaturated/α-hetero) is 1. The topological polar surface area (TPSA) is 86.5 Å². The highest BCUT2D eigenvalue weighted by atomic mass is 35.5. The molecule has 0 spiro atoms. The van der Waals surface area contributed by atoms with Crippen molar-refractivity contribution >= 4 is 29.1 Å². The van der Waals surface area contributed by atoms with E-state index in [9.17, 15) is 9.59 Å². The van der Waals surface area contributed by atoms with Gasteiger partial charge < -0.3 is 4.74 Å². The summed E-state index contributed by atoms with van der Waals surface area (Å²) in [6.07, 6.45) is -0.976. The van der Waals surface area contributed by atoms with Gasteiger partial charge in [-0.25, -0.2) is 14.3 Å². The summed E-state index contributed by atoms with van der Waals surface area (Å²) in [5.41, 5.74) is 1.96. The van der Waals surface area contributed by atoms with Crippen LogP contribution in [0.15, 0.2) is 30.3 Å². The summed E-state index contributed by atoms with van der Waals surface area (Å²) in [4.78, 5) is 32.8. The second-order valence-electron chi connectivity index (χ2n) is 5.60. The largest absolute Gasteiger partial charge is 0.448 e. The Kier molecular flexibility index (Phi) is 4.50. The van der Waals surface area contributed by atoms with Crippen molar-refractivity contribution in [3.63, 3.8) is 0 Å². The van der Waals surface area contributed by atoms with Crippen molar-refractivity contribution in [2.45, 2.75) is 26.9 Å². The maximum absolute atomic E-state index is 12.3. The normalized spacial score (nSPS) is 12.2. The number of carbonyl (C=O) groups excluding carboxylic acids is 2. The monoisotopic (exact) mass is 358 g/mol. The number of ketones is 1. The zero-order chi connectivity index (χ0) is 18.1. The van der Waals surface area contributed by atoms with Crippen molar-refractivity contribution in [3.8, 4) is 0 Å². The van der Waals surface area contributed by atoms with Crippen LogP contribution in [0.4, 0.5) is 0 Å². The second-order valence-corrected chi connectivity index (χ2v) is 6.04. The minimum Gasteiger partial charge on any atom is -0.448 e. The Morgan fingerprint density at radius 3 is 2.52 bits per heavy atom. The fourth-order valence-electron chi connectivity index (χ4n) is 2.37. The van der Waals surface area contributed by atoms with Crippen LogP contribution in [0.1, 0.15) is 39.3 Å². The first-order valence-corrected chi connectivity index (χ1v) is 7.95. The van der Waals surface area contributed by atoms with E-state index in [-0.39, 0.29) is 11.6 Å². The molecule has 0 N–H and O–H groups in total. The maximum atomic E-state index is 12.3. The van der Waals surface area contributed by atoms with E-state index < -0.39 is 12.1 Å². The van der Waals surface area contributed by atoms with Crippen LogP contribution in [-0.2, 0) is 4.74 Å². The van der Waals surface area contributed by atoms with Gasteiger partial charge >= 0.3 is 5.97 Å². The van der Waals surface area contributed by atoms with Gasteiger partial charge in [-0.3, -0.25) is 4.79 Å². The predicted molar refractivity (Wildman–Crippen MR) is 90.9 cm³/mol. The Balaban J connectivity index is 1.78. The van der Waals surface area contributed by atoms with Crippen molar-refractivity contribution < 1.29 is 14.3 Å². The molecule has 2 heterocycles. The van der Waals surface area contributed by atoms with Crippen LogP contribution in [0.5, 0.6) is 0 Å². The number of rotatable bonds is 4. The lowest BCUT2D eigenvalue weighted by Gasteiger charge is -2.10. The first-order valence-electron chi connectivity index (χ1n) is 7.57. The minimum absolute atomic E-state index is 0.142. The van der Waals surface area contributed by atoms with Gasteiger partial charge in [-0.05, 0) is 51.1 Å². The molecule has 3 aromatic rings. The summed E-state index contributed by atoms with van der Waals surface area (Å²) >= 11 is 5.80. The van der Waals surface area contributed by atoms with E-state index in [1.807, 2.05) is 19.9 Å². The van der Waals surface area contributed by atoms with Gasteiger partial charge in [-0.1, -0.05) is 11.6 Å². The van der Waals surface area contributed by atoms with E-state index >= 15 is 0 Å². The standard InChI is InChI=1S/C17H15ClN4O3/c1-9-8-10(2)22-17(19-9)20-15(21-22)16(24)25-11(3)14(23)12-4-6-13(18)7-5-12/h4-8,11H,1-3H3/t11-/m1/s1. The number of fused-ring (bicyclic) bond motifs is 1. The van der Waals surface area contributed by atoms with Crippen molar-refractivity contribution in [3.05, 3.63) is 58.1 Å². The van der Waals surface area contributed by atoms with Crippen molar-refractivity contribution in [1.29, 1.82) is 0 Å². The number of halogens is 1. The molecule has 0 amide bonds. The van der Waals surface area contributed by atoms with Crippen LogP contribution in [0.2, 0.25) is 5.02 Å². The molecule has 0 aliphatic carbocycles. The van der Waals surface area contributed by atoms with Crippen LogP contribution < -0.4 is 0 Å². The zero-order valence-corrected chi connectivity index (χ0v) is 14.6. The third kappa shape index (κ3) is 3.51. The molecule has 0 radical (unpaired) electrons. The first-order chi connectivity index (χ1) is 11.8. The van der Waals surface area contributed by atoms with Crippen LogP contribution in [-0.4, -0.2) is 37.4 Å². The number of esters is 1.